The van der Waals surface area contributed by atoms with Crippen LogP contribution in [0.5, 0.6) is 11.5 Å². The molecule has 9 aromatic rings. The van der Waals surface area contributed by atoms with Gasteiger partial charge in [0, 0.05) is 70.9 Å². The molecule has 61 heavy (non-hydrogen) atoms. The van der Waals surface area contributed by atoms with Gasteiger partial charge < -0.3 is 19.1 Å². The van der Waals surface area contributed by atoms with Crippen molar-refractivity contribution in [2.75, 3.05) is 16.8 Å². The SMILES string of the molecule is CN1[CH-]N2c3[c-]c(Oc4[c-]c5c(cc4)c4ccccc4n5-c4ccccn4)ccc3C3(c4cc(-c5ccccc5)ccc4Sc4cccc(C(C)(C)C)c43)c3cccc1c32.[Pt]. The fourth-order valence-electron chi connectivity index (χ4n) is 9.93. The van der Waals surface area contributed by atoms with Gasteiger partial charge in [0.25, 0.3) is 0 Å². The molecule has 0 saturated heterocycles. The predicted octanol–water partition coefficient (Wildman–Crippen LogP) is 13.4. The molecule has 300 valence electrons. The van der Waals surface area contributed by atoms with Crippen LogP contribution in [-0.4, -0.2) is 16.6 Å². The second-order valence-electron chi connectivity index (χ2n) is 16.9. The maximum atomic E-state index is 6.83. The summed E-state index contributed by atoms with van der Waals surface area (Å²) in [4.78, 5) is 11.8. The van der Waals surface area contributed by atoms with Crippen LogP contribution < -0.4 is 14.5 Å². The van der Waals surface area contributed by atoms with E-state index in [2.05, 4.69) is 188 Å². The summed E-state index contributed by atoms with van der Waals surface area (Å²) in [5.74, 6) is 2.07. The largest absolute Gasteiger partial charge is 0.509 e. The third kappa shape index (κ3) is 5.55. The van der Waals surface area contributed by atoms with Crippen molar-refractivity contribution < 1.29 is 25.8 Å². The second-order valence-corrected chi connectivity index (χ2v) is 18.0. The van der Waals surface area contributed by atoms with Gasteiger partial charge in [0.05, 0.1) is 0 Å². The zero-order valence-electron chi connectivity index (χ0n) is 34.0. The number of pyridine rings is 1. The molecule has 3 aliphatic rings. The molecule has 0 N–H and O–H groups in total. The number of para-hydroxylation sites is 2. The summed E-state index contributed by atoms with van der Waals surface area (Å²) in [6.45, 7) is 9.22. The normalized spacial score (nSPS) is 15.9. The molecular weight excluding hydrogens is 948 g/mol. The van der Waals surface area contributed by atoms with Crippen LogP contribution in [-0.2, 0) is 31.9 Å². The van der Waals surface area contributed by atoms with E-state index in [1.165, 1.54) is 54.4 Å². The summed E-state index contributed by atoms with van der Waals surface area (Å²) in [5, 5.41) is 2.24. The Bertz CT molecular complexity index is 3210. The van der Waals surface area contributed by atoms with E-state index in [-0.39, 0.29) is 26.5 Å². The van der Waals surface area contributed by atoms with Crippen LogP contribution in [0.4, 0.5) is 17.1 Å². The quantitative estimate of drug-likeness (QED) is 0.164. The van der Waals surface area contributed by atoms with Crippen molar-refractivity contribution in [2.45, 2.75) is 41.4 Å². The Kier molecular flexibility index (Phi) is 8.69. The second kappa shape index (κ2) is 14.0. The van der Waals surface area contributed by atoms with Gasteiger partial charge in [-0.05, 0) is 93.7 Å². The molecule has 0 fully saturated rings. The summed E-state index contributed by atoms with van der Waals surface area (Å²) in [6, 6.07) is 62.0. The van der Waals surface area contributed by atoms with Gasteiger partial charge in [-0.15, -0.1) is 35.2 Å². The molecule has 1 spiro atoms. The van der Waals surface area contributed by atoms with Crippen molar-refractivity contribution in [3.05, 3.63) is 204 Å². The number of nitrogens with zero attached hydrogens (tertiary/aromatic N) is 4. The van der Waals surface area contributed by atoms with Gasteiger partial charge in [0.1, 0.15) is 5.82 Å². The molecule has 5 nitrogen and oxygen atoms in total. The summed E-state index contributed by atoms with van der Waals surface area (Å²) >= 11 is 1.88. The van der Waals surface area contributed by atoms with Gasteiger partial charge in [0.2, 0.25) is 0 Å². The predicted molar refractivity (Wildman–Crippen MR) is 244 cm³/mol. The molecule has 0 saturated carbocycles. The minimum Gasteiger partial charge on any atom is -0.509 e. The average molecular weight is 987 g/mol. The van der Waals surface area contributed by atoms with Gasteiger partial charge in [0.15, 0.2) is 0 Å². The Morgan fingerprint density at radius 1 is 0.672 bits per heavy atom. The Balaban J connectivity index is 0.00000420. The first-order valence-electron chi connectivity index (χ1n) is 20.4. The smallest absolute Gasteiger partial charge is 0.135 e. The molecule has 7 heteroatoms. The van der Waals surface area contributed by atoms with Crippen LogP contribution in [0, 0.1) is 18.8 Å². The fourth-order valence-corrected chi connectivity index (χ4v) is 11.1. The standard InChI is InChI=1S/C54H39N4OS.Pt/c1-53(2,3)41-17-13-21-49-51(41)54(43-30-35(23-28-48(43)60-49)34-14-6-5-7-15-34)40-27-25-37(32-47(40)57-33-56(4)45-20-12-18-42(54)52(45)57)59-36-24-26-39-38-16-8-9-19-44(38)58(46(39)31-36)50-22-10-11-29-55-50;/h5-30,33H,1-4H3;/q-3;. The number of ether oxygens (including phenoxy) is 1. The van der Waals surface area contributed by atoms with E-state index in [9.17, 15) is 0 Å². The molecule has 0 radical (unpaired) electrons. The number of rotatable bonds is 4. The van der Waals surface area contributed by atoms with Crippen LogP contribution in [0.1, 0.15) is 48.6 Å². The van der Waals surface area contributed by atoms with Gasteiger partial charge >= 0.3 is 0 Å². The van der Waals surface area contributed by atoms with Crippen LogP contribution in [0.25, 0.3) is 38.8 Å². The molecule has 7 aromatic carbocycles. The summed E-state index contributed by atoms with van der Waals surface area (Å²) < 4.78 is 9.00. The van der Waals surface area contributed by atoms with Gasteiger partial charge in [-0.3, -0.25) is 0 Å². The molecular formula is C54H39N4OPtS-3. The van der Waals surface area contributed by atoms with E-state index >= 15 is 0 Å². The monoisotopic (exact) mass is 986 g/mol. The third-order valence-corrected chi connectivity index (χ3v) is 13.6. The maximum Gasteiger partial charge on any atom is 0.135 e. The fraction of sp³-hybridized carbons (Fsp3) is 0.111. The Labute approximate surface area is 374 Å². The molecule has 0 bridgehead atoms. The van der Waals surface area contributed by atoms with Crippen LogP contribution in [0.15, 0.2) is 168 Å². The number of anilines is 3. The molecule has 1 atom stereocenters. The van der Waals surface area contributed by atoms with E-state index in [1.807, 2.05) is 42.2 Å². The van der Waals surface area contributed by atoms with Crippen LogP contribution in [0.3, 0.4) is 0 Å². The van der Waals surface area contributed by atoms with Crippen molar-refractivity contribution in [1.82, 2.24) is 9.55 Å². The van der Waals surface area contributed by atoms with E-state index in [1.54, 1.807) is 0 Å². The first kappa shape index (κ1) is 37.9. The topological polar surface area (TPSA) is 33.5 Å². The number of fused-ring (bicyclic) bond motifs is 11. The van der Waals surface area contributed by atoms with Crippen molar-refractivity contribution in [1.29, 1.82) is 0 Å². The molecule has 3 aliphatic heterocycles. The first-order valence-corrected chi connectivity index (χ1v) is 21.2. The van der Waals surface area contributed by atoms with E-state index < -0.39 is 5.41 Å². The summed E-state index contributed by atoms with van der Waals surface area (Å²) in [6.07, 6.45) is 1.83. The minimum absolute atomic E-state index is 0. The molecule has 0 aliphatic carbocycles. The first-order chi connectivity index (χ1) is 29.3. The van der Waals surface area contributed by atoms with Crippen molar-refractivity contribution in [3.63, 3.8) is 0 Å². The van der Waals surface area contributed by atoms with Crippen LogP contribution in [0.2, 0.25) is 0 Å². The van der Waals surface area contributed by atoms with E-state index in [4.69, 9.17) is 9.72 Å². The van der Waals surface area contributed by atoms with Crippen molar-refractivity contribution in [2.24, 2.45) is 0 Å². The Morgan fingerprint density at radius 3 is 2.30 bits per heavy atom. The average Bonchev–Trinajstić information content (AvgIpc) is 3.79. The van der Waals surface area contributed by atoms with Crippen LogP contribution >= 0.6 is 11.8 Å². The minimum atomic E-state index is -0.662. The Morgan fingerprint density at radius 2 is 1.46 bits per heavy atom. The van der Waals surface area contributed by atoms with Gasteiger partial charge in [-0.1, -0.05) is 129 Å². The number of aromatic nitrogens is 2. The molecule has 5 heterocycles. The molecule has 12 rings (SSSR count). The molecule has 2 aromatic heterocycles. The Hall–Kier alpha value is -6.07. The maximum absolute atomic E-state index is 6.83. The summed E-state index contributed by atoms with van der Waals surface area (Å²) in [7, 11) is 2.14. The van der Waals surface area contributed by atoms with Crippen molar-refractivity contribution >= 4 is 50.6 Å². The van der Waals surface area contributed by atoms with E-state index in [0.29, 0.717) is 11.5 Å². The number of hydrogen-bond donors (Lipinski definition) is 0. The van der Waals surface area contributed by atoms with Gasteiger partial charge in [-0.25, -0.2) is 4.98 Å². The third-order valence-electron chi connectivity index (χ3n) is 12.4. The zero-order valence-corrected chi connectivity index (χ0v) is 37.1. The molecule has 0 amide bonds. The van der Waals surface area contributed by atoms with Gasteiger partial charge in [-0.2, -0.15) is 18.8 Å². The number of benzene rings is 7. The van der Waals surface area contributed by atoms with E-state index in [0.717, 1.165) is 39.0 Å². The summed E-state index contributed by atoms with van der Waals surface area (Å²) in [5.41, 5.74) is 13.3. The number of hydrogen-bond acceptors (Lipinski definition) is 5. The molecule has 1 unspecified atom stereocenters. The van der Waals surface area contributed by atoms with Crippen molar-refractivity contribution in [3.8, 4) is 28.4 Å². The zero-order chi connectivity index (χ0) is 40.3.